The Balaban J connectivity index is 0. The summed E-state index contributed by atoms with van der Waals surface area (Å²) in [4.78, 5) is 0. The van der Waals surface area contributed by atoms with E-state index in [4.69, 9.17) is 18.0 Å². The molecule has 98 valence electrons. The minimum absolute atomic E-state index is 0. The molecule has 0 aromatic rings. The summed E-state index contributed by atoms with van der Waals surface area (Å²) >= 11 is 6.69. The fourth-order valence-electron chi connectivity index (χ4n) is 1.78. The number of nitrogens with two attached hydrogens (primary N) is 1. The average Bonchev–Trinajstić information content (AvgIpc) is 2.19. The molecule has 0 heterocycles. The standard InChI is InChI=1S/C13H27NS2.Zn/c1-4-5-9-12(16-13(14)15)10-7-6-8-11(2)3;/h11-12H,4-10H2,1-3H3,(H2,14,15);. The molecule has 0 aromatic carbocycles. The molecule has 0 aliphatic rings. The summed E-state index contributed by atoms with van der Waals surface area (Å²) in [5.74, 6) is 0.831. The van der Waals surface area contributed by atoms with E-state index in [1.807, 2.05) is 0 Å². The molecule has 2 N–H and O–H groups in total. The normalized spacial score (nSPS) is 12.2. The Morgan fingerprint density at radius 1 is 1.12 bits per heavy atom. The molecule has 0 aromatic heterocycles. The Labute approximate surface area is 130 Å². The third-order valence-corrected chi connectivity index (χ3v) is 4.05. The first-order valence-electron chi connectivity index (χ1n) is 6.52. The molecule has 0 aliphatic carbocycles. The van der Waals surface area contributed by atoms with Crippen molar-refractivity contribution in [3.05, 3.63) is 0 Å². The molecule has 0 aliphatic heterocycles. The van der Waals surface area contributed by atoms with E-state index >= 15 is 0 Å². The molecule has 0 radical (unpaired) electrons. The van der Waals surface area contributed by atoms with Gasteiger partial charge in [-0.2, -0.15) is 0 Å². The largest absolute Gasteiger partial charge is 0.385 e. The third kappa shape index (κ3) is 14.8. The summed E-state index contributed by atoms with van der Waals surface area (Å²) in [6, 6.07) is 0. The predicted molar refractivity (Wildman–Crippen MR) is 81.0 cm³/mol. The number of hydrogen-bond acceptors (Lipinski definition) is 2. The van der Waals surface area contributed by atoms with Crippen molar-refractivity contribution in [1.29, 1.82) is 0 Å². The van der Waals surface area contributed by atoms with Crippen LogP contribution in [0.15, 0.2) is 0 Å². The Morgan fingerprint density at radius 2 is 1.65 bits per heavy atom. The molecule has 0 amide bonds. The fourth-order valence-corrected chi connectivity index (χ4v) is 3.09. The van der Waals surface area contributed by atoms with E-state index in [-0.39, 0.29) is 19.5 Å². The van der Waals surface area contributed by atoms with Crippen LogP contribution in [0.5, 0.6) is 0 Å². The molecule has 0 rings (SSSR count). The van der Waals surface area contributed by atoms with E-state index in [1.54, 1.807) is 11.8 Å². The van der Waals surface area contributed by atoms with Crippen molar-refractivity contribution in [3.63, 3.8) is 0 Å². The maximum Gasteiger partial charge on any atom is 0.131 e. The molecule has 0 bridgehead atoms. The van der Waals surface area contributed by atoms with Gasteiger partial charge in [0.15, 0.2) is 0 Å². The molecule has 0 saturated heterocycles. The SMILES string of the molecule is CCCCC(CCCCC(C)C)SC(N)=S.[Zn]. The summed E-state index contributed by atoms with van der Waals surface area (Å²) < 4.78 is 0.616. The molecular formula is C13H27NS2Zn. The second kappa shape index (κ2) is 13.3. The van der Waals surface area contributed by atoms with Crippen molar-refractivity contribution in [1.82, 2.24) is 0 Å². The molecule has 1 nitrogen and oxygen atoms in total. The van der Waals surface area contributed by atoms with Crippen LogP contribution in [0.4, 0.5) is 0 Å². The van der Waals surface area contributed by atoms with E-state index in [1.165, 1.54) is 44.9 Å². The monoisotopic (exact) mass is 325 g/mol. The Bertz CT molecular complexity index is 186. The quantitative estimate of drug-likeness (QED) is 0.376. The minimum Gasteiger partial charge on any atom is -0.385 e. The first-order valence-corrected chi connectivity index (χ1v) is 7.81. The van der Waals surface area contributed by atoms with E-state index in [0.717, 1.165) is 5.92 Å². The van der Waals surface area contributed by atoms with Gasteiger partial charge in [0.05, 0.1) is 0 Å². The predicted octanol–water partition coefficient (Wildman–Crippen LogP) is 4.74. The van der Waals surface area contributed by atoms with Gasteiger partial charge in [-0.15, -0.1) is 0 Å². The topological polar surface area (TPSA) is 26.0 Å². The first-order chi connectivity index (χ1) is 7.56. The van der Waals surface area contributed by atoms with E-state index < -0.39 is 0 Å². The molecule has 17 heavy (non-hydrogen) atoms. The van der Waals surface area contributed by atoms with Gasteiger partial charge in [0.1, 0.15) is 4.32 Å². The van der Waals surface area contributed by atoms with Gasteiger partial charge in [-0.3, -0.25) is 0 Å². The van der Waals surface area contributed by atoms with Gasteiger partial charge in [-0.05, 0) is 18.8 Å². The molecule has 1 unspecified atom stereocenters. The molecule has 0 spiro atoms. The summed E-state index contributed by atoms with van der Waals surface area (Å²) in [6.07, 6.45) is 9.11. The summed E-state index contributed by atoms with van der Waals surface area (Å²) in [5, 5.41) is 0.657. The van der Waals surface area contributed by atoms with Crippen molar-refractivity contribution in [3.8, 4) is 0 Å². The van der Waals surface area contributed by atoms with Crippen molar-refractivity contribution in [2.24, 2.45) is 11.7 Å². The first kappa shape index (κ1) is 20.2. The van der Waals surface area contributed by atoms with Gasteiger partial charge >= 0.3 is 0 Å². The minimum atomic E-state index is 0. The van der Waals surface area contributed by atoms with Crippen LogP contribution in [0, 0.1) is 5.92 Å². The maximum atomic E-state index is 5.61. The third-order valence-electron chi connectivity index (χ3n) is 2.72. The fraction of sp³-hybridized carbons (Fsp3) is 0.923. The van der Waals surface area contributed by atoms with Crippen LogP contribution in [0.2, 0.25) is 0 Å². The van der Waals surface area contributed by atoms with Crippen molar-refractivity contribution in [2.75, 3.05) is 0 Å². The zero-order valence-corrected chi connectivity index (χ0v) is 16.3. The molecular weight excluding hydrogens is 300 g/mol. The second-order valence-corrected chi connectivity index (χ2v) is 6.92. The number of thiocarbonyl (C=S) groups is 1. The zero-order chi connectivity index (χ0) is 12.4. The van der Waals surface area contributed by atoms with Gasteiger partial charge in [0.25, 0.3) is 0 Å². The van der Waals surface area contributed by atoms with Crippen molar-refractivity contribution < 1.29 is 19.5 Å². The summed E-state index contributed by atoms with van der Waals surface area (Å²) in [5.41, 5.74) is 5.61. The smallest absolute Gasteiger partial charge is 0.131 e. The van der Waals surface area contributed by atoms with E-state index in [0.29, 0.717) is 9.57 Å². The van der Waals surface area contributed by atoms with E-state index in [2.05, 4.69) is 20.8 Å². The van der Waals surface area contributed by atoms with Crippen LogP contribution in [0.3, 0.4) is 0 Å². The van der Waals surface area contributed by atoms with Crippen LogP contribution in [0.25, 0.3) is 0 Å². The number of rotatable bonds is 9. The number of unbranched alkanes of at least 4 members (excludes halogenated alkanes) is 2. The Hall–Kier alpha value is 0.863. The zero-order valence-electron chi connectivity index (χ0n) is 11.7. The number of thioether (sulfide) groups is 1. The van der Waals surface area contributed by atoms with Crippen LogP contribution >= 0.6 is 24.0 Å². The summed E-state index contributed by atoms with van der Waals surface area (Å²) in [6.45, 7) is 6.82. The Morgan fingerprint density at radius 3 is 2.12 bits per heavy atom. The average molecular weight is 327 g/mol. The Kier molecular flexibility index (Phi) is 15.8. The number of hydrogen-bond donors (Lipinski definition) is 1. The van der Waals surface area contributed by atoms with Crippen molar-refractivity contribution >= 4 is 28.3 Å². The second-order valence-electron chi connectivity index (χ2n) is 4.88. The van der Waals surface area contributed by atoms with Crippen molar-refractivity contribution in [2.45, 2.75) is 71.0 Å². The molecule has 4 heteroatoms. The van der Waals surface area contributed by atoms with Gasteiger partial charge < -0.3 is 5.73 Å². The van der Waals surface area contributed by atoms with Crippen LogP contribution < -0.4 is 5.73 Å². The van der Waals surface area contributed by atoms with E-state index in [9.17, 15) is 0 Å². The van der Waals surface area contributed by atoms with Crippen LogP contribution in [0.1, 0.15) is 65.7 Å². The van der Waals surface area contributed by atoms with Crippen LogP contribution in [-0.2, 0) is 19.5 Å². The molecule has 1 atom stereocenters. The van der Waals surface area contributed by atoms with Gasteiger partial charge in [0, 0.05) is 24.7 Å². The van der Waals surface area contributed by atoms with Gasteiger partial charge in [-0.25, -0.2) is 0 Å². The van der Waals surface area contributed by atoms with Gasteiger partial charge in [-0.1, -0.05) is 76.9 Å². The van der Waals surface area contributed by atoms with Crippen LogP contribution in [-0.4, -0.2) is 9.57 Å². The molecule has 0 fully saturated rings. The molecule has 0 saturated carbocycles. The maximum absolute atomic E-state index is 5.61. The summed E-state index contributed by atoms with van der Waals surface area (Å²) in [7, 11) is 0. The van der Waals surface area contributed by atoms with Gasteiger partial charge in [0.2, 0.25) is 0 Å².